The molecule has 0 saturated carbocycles. The number of carbonyl (C=O) groups excluding carboxylic acids is 3. The summed E-state index contributed by atoms with van der Waals surface area (Å²) in [5, 5.41) is 0. The third-order valence-corrected chi connectivity index (χ3v) is 16.0. The molecular formula is C75H136O6. The molecule has 0 aliphatic rings. The highest BCUT2D eigenvalue weighted by atomic mass is 16.6. The smallest absolute Gasteiger partial charge is 0.306 e. The van der Waals surface area contributed by atoms with Gasteiger partial charge in [0.1, 0.15) is 13.2 Å². The Hall–Kier alpha value is -2.89. The van der Waals surface area contributed by atoms with Crippen LogP contribution in [-0.2, 0) is 28.6 Å². The molecule has 0 N–H and O–H groups in total. The Kier molecular flexibility index (Phi) is 67.1. The lowest BCUT2D eigenvalue weighted by molar-refractivity contribution is -0.167. The zero-order valence-corrected chi connectivity index (χ0v) is 54.3. The number of hydrogen-bond acceptors (Lipinski definition) is 6. The average molecular weight is 1130 g/mol. The molecule has 0 aliphatic carbocycles. The van der Waals surface area contributed by atoms with Gasteiger partial charge in [0.05, 0.1) is 0 Å². The molecule has 1 atom stereocenters. The molecule has 6 heteroatoms. The molecule has 0 radical (unpaired) electrons. The van der Waals surface area contributed by atoms with Gasteiger partial charge in [-0.25, -0.2) is 0 Å². The van der Waals surface area contributed by atoms with Crippen LogP contribution in [0.4, 0.5) is 0 Å². The van der Waals surface area contributed by atoms with Crippen molar-refractivity contribution >= 4 is 17.9 Å². The van der Waals surface area contributed by atoms with E-state index in [0.29, 0.717) is 19.3 Å². The van der Waals surface area contributed by atoms with E-state index in [2.05, 4.69) is 81.5 Å². The van der Waals surface area contributed by atoms with Crippen LogP contribution in [0.5, 0.6) is 0 Å². The Balaban J connectivity index is 4.18. The van der Waals surface area contributed by atoms with Gasteiger partial charge in [0.2, 0.25) is 0 Å². The van der Waals surface area contributed by atoms with Crippen LogP contribution in [-0.4, -0.2) is 37.2 Å². The topological polar surface area (TPSA) is 78.9 Å². The fraction of sp³-hybridized carbons (Fsp3) is 0.827. The SMILES string of the molecule is CCC/C=C\C/C=C\CCCCCCCC(=O)OCC(COC(=O)CCCCCCCCCCCCCCCCCC/C=C\C/C=C\C/C=C\CCCCCCC)OC(=O)CCCCCCCCCCCCCCCCCCCCC. The first kappa shape index (κ1) is 78.1. The minimum Gasteiger partial charge on any atom is -0.462 e. The van der Waals surface area contributed by atoms with Crippen LogP contribution in [0.2, 0.25) is 0 Å². The van der Waals surface area contributed by atoms with E-state index >= 15 is 0 Å². The molecule has 0 aromatic heterocycles. The number of ether oxygens (including phenoxy) is 3. The first-order chi connectivity index (χ1) is 40.0. The lowest BCUT2D eigenvalue weighted by Gasteiger charge is -2.18. The molecule has 0 fully saturated rings. The summed E-state index contributed by atoms with van der Waals surface area (Å²) in [5.74, 6) is -0.864. The molecule has 1 unspecified atom stereocenters. The summed E-state index contributed by atoms with van der Waals surface area (Å²) in [5.41, 5.74) is 0. The van der Waals surface area contributed by atoms with Crippen molar-refractivity contribution in [3.05, 3.63) is 60.8 Å². The zero-order chi connectivity index (χ0) is 58.5. The molecule has 0 aromatic carbocycles. The van der Waals surface area contributed by atoms with Crippen molar-refractivity contribution < 1.29 is 28.6 Å². The van der Waals surface area contributed by atoms with E-state index in [4.69, 9.17) is 14.2 Å². The molecule has 0 aliphatic heterocycles. The van der Waals surface area contributed by atoms with E-state index in [9.17, 15) is 14.4 Å². The van der Waals surface area contributed by atoms with E-state index in [-0.39, 0.29) is 31.1 Å². The molecule has 6 nitrogen and oxygen atoms in total. The van der Waals surface area contributed by atoms with Gasteiger partial charge in [0.25, 0.3) is 0 Å². The maximum atomic E-state index is 12.9. The minimum absolute atomic E-state index is 0.0741. The first-order valence-electron chi connectivity index (χ1n) is 35.8. The second-order valence-corrected chi connectivity index (χ2v) is 24.1. The van der Waals surface area contributed by atoms with Gasteiger partial charge in [-0.3, -0.25) is 14.4 Å². The van der Waals surface area contributed by atoms with E-state index in [1.54, 1.807) is 0 Å². The number of unbranched alkanes of at least 4 members (excludes halogenated alkanes) is 45. The Bertz CT molecular complexity index is 1440. The molecule has 0 saturated heterocycles. The van der Waals surface area contributed by atoms with Crippen molar-refractivity contribution in [2.24, 2.45) is 0 Å². The van der Waals surface area contributed by atoms with Gasteiger partial charge >= 0.3 is 17.9 Å². The molecule has 0 rings (SSSR count). The monoisotopic (exact) mass is 1130 g/mol. The number of allylic oxidation sites excluding steroid dienone is 10. The van der Waals surface area contributed by atoms with Gasteiger partial charge in [-0.1, -0.05) is 338 Å². The summed E-state index contributed by atoms with van der Waals surface area (Å²) in [6, 6.07) is 0. The molecule has 472 valence electrons. The first-order valence-corrected chi connectivity index (χ1v) is 35.8. The largest absolute Gasteiger partial charge is 0.462 e. The molecule has 0 aromatic rings. The molecule has 0 bridgehead atoms. The van der Waals surface area contributed by atoms with Gasteiger partial charge in [-0.2, -0.15) is 0 Å². The van der Waals surface area contributed by atoms with Crippen molar-refractivity contribution in [1.29, 1.82) is 0 Å². The van der Waals surface area contributed by atoms with Gasteiger partial charge < -0.3 is 14.2 Å². The van der Waals surface area contributed by atoms with Gasteiger partial charge in [-0.05, 0) is 83.5 Å². The van der Waals surface area contributed by atoms with E-state index < -0.39 is 6.10 Å². The molecular weight excluding hydrogens is 997 g/mol. The summed E-state index contributed by atoms with van der Waals surface area (Å²) >= 11 is 0. The van der Waals surface area contributed by atoms with Gasteiger partial charge in [0, 0.05) is 19.3 Å². The molecule has 0 spiro atoms. The van der Waals surface area contributed by atoms with Gasteiger partial charge in [-0.15, -0.1) is 0 Å². The minimum atomic E-state index is -0.778. The average Bonchev–Trinajstić information content (AvgIpc) is 3.46. The Morgan fingerprint density at radius 2 is 0.469 bits per heavy atom. The summed E-state index contributed by atoms with van der Waals surface area (Å²) in [7, 11) is 0. The molecule has 0 amide bonds. The van der Waals surface area contributed by atoms with Crippen molar-refractivity contribution in [3.63, 3.8) is 0 Å². The Morgan fingerprint density at radius 3 is 0.741 bits per heavy atom. The number of hydrogen-bond donors (Lipinski definition) is 0. The highest BCUT2D eigenvalue weighted by Crippen LogP contribution is 2.18. The maximum absolute atomic E-state index is 12.9. The van der Waals surface area contributed by atoms with Crippen molar-refractivity contribution in [3.8, 4) is 0 Å². The van der Waals surface area contributed by atoms with Crippen LogP contribution in [0.25, 0.3) is 0 Å². The van der Waals surface area contributed by atoms with Crippen LogP contribution in [0, 0.1) is 0 Å². The van der Waals surface area contributed by atoms with Crippen molar-refractivity contribution in [1.82, 2.24) is 0 Å². The maximum Gasteiger partial charge on any atom is 0.306 e. The predicted molar refractivity (Wildman–Crippen MR) is 353 cm³/mol. The lowest BCUT2D eigenvalue weighted by atomic mass is 10.0. The van der Waals surface area contributed by atoms with E-state index in [1.807, 2.05) is 0 Å². The normalized spacial score (nSPS) is 12.4. The van der Waals surface area contributed by atoms with Crippen LogP contribution in [0.3, 0.4) is 0 Å². The lowest BCUT2D eigenvalue weighted by Crippen LogP contribution is -2.30. The molecule has 0 heterocycles. The highest BCUT2D eigenvalue weighted by Gasteiger charge is 2.19. The van der Waals surface area contributed by atoms with Crippen molar-refractivity contribution in [2.45, 2.75) is 386 Å². The fourth-order valence-corrected chi connectivity index (χ4v) is 10.6. The summed E-state index contributed by atoms with van der Waals surface area (Å²) < 4.78 is 17.0. The van der Waals surface area contributed by atoms with E-state index in [1.165, 1.54) is 244 Å². The summed E-state index contributed by atoms with van der Waals surface area (Å²) in [6.07, 6.45) is 89.7. The number of carbonyl (C=O) groups is 3. The predicted octanol–water partition coefficient (Wildman–Crippen LogP) is 24.7. The second-order valence-electron chi connectivity index (χ2n) is 24.1. The quantitative estimate of drug-likeness (QED) is 0.0261. The van der Waals surface area contributed by atoms with Crippen LogP contribution >= 0.6 is 0 Å². The Morgan fingerprint density at radius 1 is 0.247 bits per heavy atom. The highest BCUT2D eigenvalue weighted by molar-refractivity contribution is 5.71. The van der Waals surface area contributed by atoms with Crippen LogP contribution in [0.1, 0.15) is 380 Å². The molecule has 81 heavy (non-hydrogen) atoms. The van der Waals surface area contributed by atoms with Crippen LogP contribution in [0.15, 0.2) is 60.8 Å². The third-order valence-electron chi connectivity index (χ3n) is 16.0. The Labute approximate surface area is 504 Å². The zero-order valence-electron chi connectivity index (χ0n) is 54.3. The third kappa shape index (κ3) is 67.8. The van der Waals surface area contributed by atoms with E-state index in [0.717, 1.165) is 96.3 Å². The fourth-order valence-electron chi connectivity index (χ4n) is 10.6. The standard InChI is InChI=1S/C75H136O6/c1-4-7-10-13-16-19-22-25-27-29-31-32-33-34-35-36-37-38-39-40-41-42-44-45-47-50-53-56-59-62-65-68-74(77)80-71-72(70-79-73(76)67-64-61-58-55-52-49-24-21-18-15-12-9-6-3)81-75(78)69-66-63-60-57-54-51-48-46-43-30-28-26-23-20-17-14-11-8-5-2/h12,15,21-22,24-25,29,31,33-34,72H,4-11,13-14,16-20,23,26-28,30,32,35-71H2,1-3H3/b15-12-,24-21-,25-22-,31-29-,34-33-. The van der Waals surface area contributed by atoms with Gasteiger partial charge in [0.15, 0.2) is 6.10 Å². The number of rotatable bonds is 66. The van der Waals surface area contributed by atoms with Crippen LogP contribution < -0.4 is 0 Å². The van der Waals surface area contributed by atoms with Crippen molar-refractivity contribution in [2.75, 3.05) is 13.2 Å². The number of esters is 3. The summed E-state index contributed by atoms with van der Waals surface area (Å²) in [6.45, 7) is 6.61. The summed E-state index contributed by atoms with van der Waals surface area (Å²) in [4.78, 5) is 38.4. The second kappa shape index (κ2) is 69.6.